The molecule has 1 aliphatic rings. The van der Waals surface area contributed by atoms with E-state index in [2.05, 4.69) is 21.6 Å². The first kappa shape index (κ1) is 22.2. The summed E-state index contributed by atoms with van der Waals surface area (Å²) in [5, 5.41) is 0. The van der Waals surface area contributed by atoms with Gasteiger partial charge in [-0.1, -0.05) is 36.1 Å². The van der Waals surface area contributed by atoms with E-state index in [1.807, 2.05) is 0 Å². The number of amides is 1. The Kier molecular flexibility index (Phi) is 6.85. The van der Waals surface area contributed by atoms with Crippen LogP contribution in [0, 0.1) is 11.8 Å². The van der Waals surface area contributed by atoms with Gasteiger partial charge < -0.3 is 10.5 Å². The van der Waals surface area contributed by atoms with E-state index in [-0.39, 0.29) is 24.3 Å². The SMILES string of the molecule is CN1C(=O)[C@@](c2ccc(OC(F)F)cc2)(c2cccc(C#CCCCCF)c2)N=C1N. The molecule has 2 aromatic rings. The number of hydrogen-bond acceptors (Lipinski definition) is 4. The number of halogens is 3. The number of carbonyl (C=O) groups excluding carboxylic acids is 1. The molecule has 2 aromatic carbocycles. The third-order valence-corrected chi connectivity index (χ3v) is 4.94. The van der Waals surface area contributed by atoms with E-state index in [0.717, 1.165) is 0 Å². The summed E-state index contributed by atoms with van der Waals surface area (Å²) in [4.78, 5) is 19.0. The number of rotatable bonds is 7. The maximum absolute atomic E-state index is 13.3. The summed E-state index contributed by atoms with van der Waals surface area (Å²) >= 11 is 0. The van der Waals surface area contributed by atoms with Crippen LogP contribution in [0.4, 0.5) is 13.2 Å². The van der Waals surface area contributed by atoms with Gasteiger partial charge in [-0.25, -0.2) is 4.99 Å². The molecule has 2 N–H and O–H groups in total. The van der Waals surface area contributed by atoms with Crippen LogP contribution in [0.1, 0.15) is 36.0 Å². The summed E-state index contributed by atoms with van der Waals surface area (Å²) < 4.78 is 41.6. The molecule has 1 atom stereocenters. The van der Waals surface area contributed by atoms with Gasteiger partial charge in [0.2, 0.25) is 0 Å². The van der Waals surface area contributed by atoms with E-state index in [1.165, 1.54) is 36.2 Å². The molecular formula is C23H22F3N3O2. The Labute approximate surface area is 178 Å². The quantitative estimate of drug-likeness (QED) is 0.538. The summed E-state index contributed by atoms with van der Waals surface area (Å²) in [6.45, 7) is -3.32. The number of hydrogen-bond donors (Lipinski definition) is 1. The Bertz CT molecular complexity index is 1030. The largest absolute Gasteiger partial charge is 0.435 e. The number of likely N-dealkylation sites (N-methyl/N-ethyl adjacent to an activating group) is 1. The van der Waals surface area contributed by atoms with Crippen molar-refractivity contribution in [1.29, 1.82) is 0 Å². The number of benzene rings is 2. The average molecular weight is 429 g/mol. The van der Waals surface area contributed by atoms with Crippen LogP contribution in [-0.2, 0) is 10.3 Å². The fraction of sp³-hybridized carbons (Fsp3) is 0.304. The van der Waals surface area contributed by atoms with Crippen molar-refractivity contribution in [1.82, 2.24) is 4.90 Å². The normalized spacial score (nSPS) is 18.0. The Balaban J connectivity index is 2.02. The molecular weight excluding hydrogens is 407 g/mol. The van der Waals surface area contributed by atoms with Crippen LogP contribution in [0.2, 0.25) is 0 Å². The predicted octanol–water partition coefficient (Wildman–Crippen LogP) is 3.81. The van der Waals surface area contributed by atoms with E-state index < -0.39 is 12.2 Å². The van der Waals surface area contributed by atoms with Crippen molar-refractivity contribution in [3.63, 3.8) is 0 Å². The maximum Gasteiger partial charge on any atom is 0.387 e. The molecule has 0 radical (unpaired) electrons. The number of carbonyl (C=O) groups is 1. The zero-order valence-corrected chi connectivity index (χ0v) is 16.9. The highest BCUT2D eigenvalue weighted by Gasteiger charge is 2.49. The topological polar surface area (TPSA) is 67.9 Å². The summed E-state index contributed by atoms with van der Waals surface area (Å²) in [7, 11) is 1.52. The van der Waals surface area contributed by atoms with Crippen LogP contribution in [-0.4, -0.2) is 37.1 Å². The monoisotopic (exact) mass is 429 g/mol. The highest BCUT2D eigenvalue weighted by atomic mass is 19.3. The minimum Gasteiger partial charge on any atom is -0.435 e. The van der Waals surface area contributed by atoms with Crippen LogP contribution < -0.4 is 10.5 Å². The smallest absolute Gasteiger partial charge is 0.387 e. The van der Waals surface area contributed by atoms with Gasteiger partial charge in [0.05, 0.1) is 6.67 Å². The number of aliphatic imine (C=N–C) groups is 1. The van der Waals surface area contributed by atoms with Gasteiger partial charge in [0.1, 0.15) is 5.75 Å². The van der Waals surface area contributed by atoms with E-state index in [0.29, 0.717) is 36.0 Å². The molecule has 0 spiro atoms. The van der Waals surface area contributed by atoms with Gasteiger partial charge in [-0.15, -0.1) is 0 Å². The number of unbranched alkanes of at least 4 members (excludes halogenated alkanes) is 2. The highest BCUT2D eigenvalue weighted by molar-refractivity contribution is 6.08. The molecule has 31 heavy (non-hydrogen) atoms. The van der Waals surface area contributed by atoms with E-state index in [9.17, 15) is 18.0 Å². The molecule has 0 fully saturated rings. The second-order valence-electron chi connectivity index (χ2n) is 6.98. The lowest BCUT2D eigenvalue weighted by Crippen LogP contribution is -2.41. The van der Waals surface area contributed by atoms with Gasteiger partial charge in [-0.3, -0.25) is 14.1 Å². The molecule has 0 unspecified atom stereocenters. The minimum atomic E-state index is -2.95. The van der Waals surface area contributed by atoms with Gasteiger partial charge in [-0.05, 0) is 48.2 Å². The van der Waals surface area contributed by atoms with Crippen LogP contribution in [0.25, 0.3) is 0 Å². The Hall–Kier alpha value is -3.47. The lowest BCUT2D eigenvalue weighted by atomic mass is 9.82. The van der Waals surface area contributed by atoms with Crippen LogP contribution in [0.3, 0.4) is 0 Å². The standard InChI is InChI=1S/C23H22F3N3O2/c1-29-20(30)23(28-22(29)27,17-10-12-19(13-11-17)31-21(25)26)18-9-6-8-16(15-18)7-4-2-3-5-14-24/h6,8-13,15,21H,2-3,5,14H2,1H3,(H2,27,28)/t23-/m1/s1. The molecule has 1 amide bonds. The molecule has 8 heteroatoms. The summed E-state index contributed by atoms with van der Waals surface area (Å²) in [5.41, 5.74) is 6.16. The van der Waals surface area contributed by atoms with Crippen molar-refractivity contribution in [2.75, 3.05) is 13.7 Å². The van der Waals surface area contributed by atoms with Crippen molar-refractivity contribution >= 4 is 11.9 Å². The lowest BCUT2D eigenvalue weighted by Gasteiger charge is -2.26. The Morgan fingerprint density at radius 3 is 2.52 bits per heavy atom. The molecule has 0 bridgehead atoms. The third kappa shape index (κ3) is 4.66. The summed E-state index contributed by atoms with van der Waals surface area (Å²) in [6.07, 6.45) is 1.71. The fourth-order valence-electron chi connectivity index (χ4n) is 3.36. The molecule has 5 nitrogen and oxygen atoms in total. The van der Waals surface area contributed by atoms with Crippen molar-refractivity contribution in [2.45, 2.75) is 31.4 Å². The van der Waals surface area contributed by atoms with Crippen molar-refractivity contribution < 1.29 is 22.7 Å². The lowest BCUT2D eigenvalue weighted by molar-refractivity contribution is -0.129. The van der Waals surface area contributed by atoms with Gasteiger partial charge in [-0.2, -0.15) is 8.78 Å². The number of nitrogens with zero attached hydrogens (tertiary/aromatic N) is 2. The second-order valence-corrected chi connectivity index (χ2v) is 6.98. The highest BCUT2D eigenvalue weighted by Crippen LogP contribution is 2.40. The third-order valence-electron chi connectivity index (χ3n) is 4.94. The molecule has 1 aliphatic heterocycles. The van der Waals surface area contributed by atoms with Crippen LogP contribution in [0.5, 0.6) is 5.75 Å². The predicted molar refractivity (Wildman–Crippen MR) is 111 cm³/mol. The van der Waals surface area contributed by atoms with Crippen LogP contribution >= 0.6 is 0 Å². The molecule has 0 aromatic heterocycles. The van der Waals surface area contributed by atoms with Gasteiger partial charge in [0, 0.05) is 19.0 Å². The van der Waals surface area contributed by atoms with Gasteiger partial charge >= 0.3 is 6.61 Å². The Morgan fingerprint density at radius 2 is 1.90 bits per heavy atom. The maximum atomic E-state index is 13.3. The van der Waals surface area contributed by atoms with Gasteiger partial charge in [0.15, 0.2) is 11.5 Å². The van der Waals surface area contributed by atoms with Crippen molar-refractivity contribution in [2.24, 2.45) is 10.7 Å². The van der Waals surface area contributed by atoms with E-state index in [4.69, 9.17) is 5.73 Å². The molecule has 1 heterocycles. The molecule has 3 rings (SSSR count). The molecule has 162 valence electrons. The first-order valence-corrected chi connectivity index (χ1v) is 9.72. The zero-order chi connectivity index (χ0) is 22.4. The molecule has 0 saturated heterocycles. The number of guanidine groups is 1. The fourth-order valence-corrected chi connectivity index (χ4v) is 3.36. The van der Waals surface area contributed by atoms with Crippen LogP contribution in [0.15, 0.2) is 53.5 Å². The van der Waals surface area contributed by atoms with Crippen molar-refractivity contribution in [3.8, 4) is 17.6 Å². The average Bonchev–Trinajstić information content (AvgIpc) is 2.99. The van der Waals surface area contributed by atoms with Crippen molar-refractivity contribution in [3.05, 3.63) is 65.2 Å². The van der Waals surface area contributed by atoms with E-state index >= 15 is 0 Å². The first-order chi connectivity index (χ1) is 14.9. The van der Waals surface area contributed by atoms with E-state index in [1.54, 1.807) is 24.3 Å². The first-order valence-electron chi connectivity index (χ1n) is 9.72. The molecule has 0 saturated carbocycles. The summed E-state index contributed by atoms with van der Waals surface area (Å²) in [5.74, 6) is 5.66. The minimum absolute atomic E-state index is 0.0300. The number of ether oxygens (including phenoxy) is 1. The number of alkyl halides is 3. The Morgan fingerprint density at radius 1 is 1.16 bits per heavy atom. The summed E-state index contributed by atoms with van der Waals surface area (Å²) in [6, 6.07) is 12.8. The molecule has 0 aliphatic carbocycles. The number of nitrogens with two attached hydrogens (primary N) is 1. The van der Waals surface area contributed by atoms with Gasteiger partial charge in [0.25, 0.3) is 5.91 Å². The second kappa shape index (κ2) is 9.56. The zero-order valence-electron chi connectivity index (χ0n) is 16.9.